The zero-order valence-corrected chi connectivity index (χ0v) is 10.1. The molecule has 88 valence electrons. The van der Waals surface area contributed by atoms with E-state index in [4.69, 9.17) is 5.11 Å². The maximum atomic E-state index is 10.8. The Morgan fingerprint density at radius 1 is 1.50 bits per heavy atom. The van der Waals surface area contributed by atoms with Crippen molar-refractivity contribution in [2.24, 2.45) is 5.92 Å². The van der Waals surface area contributed by atoms with Gasteiger partial charge in [-0.25, -0.2) is 4.79 Å². The molecule has 0 aliphatic heterocycles. The largest absolute Gasteiger partial charge is 0.478 e. The molecule has 0 heterocycles. The highest BCUT2D eigenvalue weighted by atomic mass is 16.4. The molecule has 1 atom stereocenters. The van der Waals surface area contributed by atoms with Crippen molar-refractivity contribution in [2.45, 2.75) is 27.2 Å². The van der Waals surface area contributed by atoms with Crippen LogP contribution in [0.4, 0.5) is 5.69 Å². The molecule has 0 spiro atoms. The number of anilines is 1. The first-order chi connectivity index (χ1) is 7.54. The van der Waals surface area contributed by atoms with Crippen molar-refractivity contribution in [3.8, 4) is 0 Å². The molecular formula is C13H19NO2. The standard InChI is InChI=1S/C13H19NO2/c1-4-9(2)8-14-12-7-11(13(15)16)6-5-10(12)3/h5-7,9,14H,4,8H2,1-3H3,(H,15,16). The molecule has 0 saturated heterocycles. The average molecular weight is 221 g/mol. The minimum absolute atomic E-state index is 0.331. The predicted octanol–water partition coefficient (Wildman–Crippen LogP) is 3.15. The van der Waals surface area contributed by atoms with Gasteiger partial charge in [-0.05, 0) is 30.5 Å². The summed E-state index contributed by atoms with van der Waals surface area (Å²) < 4.78 is 0. The summed E-state index contributed by atoms with van der Waals surface area (Å²) in [5.41, 5.74) is 2.32. The highest BCUT2D eigenvalue weighted by molar-refractivity contribution is 5.89. The maximum Gasteiger partial charge on any atom is 0.335 e. The summed E-state index contributed by atoms with van der Waals surface area (Å²) in [7, 11) is 0. The highest BCUT2D eigenvalue weighted by Crippen LogP contribution is 2.17. The SMILES string of the molecule is CCC(C)CNc1cc(C(=O)O)ccc1C. The molecule has 3 heteroatoms. The summed E-state index contributed by atoms with van der Waals surface area (Å²) in [5, 5.41) is 12.2. The summed E-state index contributed by atoms with van der Waals surface area (Å²) in [6.45, 7) is 7.17. The second-order valence-corrected chi connectivity index (χ2v) is 4.23. The van der Waals surface area contributed by atoms with E-state index in [-0.39, 0.29) is 0 Å². The van der Waals surface area contributed by atoms with Crippen molar-refractivity contribution in [3.05, 3.63) is 29.3 Å². The predicted molar refractivity (Wildman–Crippen MR) is 66.1 cm³/mol. The second-order valence-electron chi connectivity index (χ2n) is 4.23. The Balaban J connectivity index is 2.78. The van der Waals surface area contributed by atoms with Gasteiger partial charge in [0.05, 0.1) is 5.56 Å². The minimum atomic E-state index is -0.883. The van der Waals surface area contributed by atoms with Crippen molar-refractivity contribution in [1.29, 1.82) is 0 Å². The first-order valence-electron chi connectivity index (χ1n) is 5.62. The lowest BCUT2D eigenvalue weighted by Crippen LogP contribution is -2.11. The van der Waals surface area contributed by atoms with Gasteiger partial charge in [0.1, 0.15) is 0 Å². The van der Waals surface area contributed by atoms with Gasteiger partial charge < -0.3 is 10.4 Å². The molecule has 0 amide bonds. The van der Waals surface area contributed by atoms with Crippen LogP contribution in [0, 0.1) is 12.8 Å². The van der Waals surface area contributed by atoms with Gasteiger partial charge in [0, 0.05) is 12.2 Å². The lowest BCUT2D eigenvalue weighted by molar-refractivity contribution is 0.0697. The number of hydrogen-bond donors (Lipinski definition) is 2. The summed E-state index contributed by atoms with van der Waals surface area (Å²) in [4.78, 5) is 10.8. The van der Waals surface area contributed by atoms with Crippen molar-refractivity contribution in [1.82, 2.24) is 0 Å². The van der Waals surface area contributed by atoms with Crippen LogP contribution in [-0.4, -0.2) is 17.6 Å². The molecule has 1 unspecified atom stereocenters. The van der Waals surface area contributed by atoms with Gasteiger partial charge in [0.25, 0.3) is 0 Å². The molecule has 0 radical (unpaired) electrons. The molecule has 16 heavy (non-hydrogen) atoms. The molecule has 2 N–H and O–H groups in total. The second kappa shape index (κ2) is 5.54. The minimum Gasteiger partial charge on any atom is -0.478 e. The van der Waals surface area contributed by atoms with Crippen LogP contribution in [0.2, 0.25) is 0 Å². The van der Waals surface area contributed by atoms with E-state index in [0.717, 1.165) is 24.2 Å². The Morgan fingerprint density at radius 3 is 2.75 bits per heavy atom. The zero-order valence-electron chi connectivity index (χ0n) is 10.1. The number of hydrogen-bond acceptors (Lipinski definition) is 2. The number of carboxylic acid groups (broad SMARTS) is 1. The van der Waals surface area contributed by atoms with Gasteiger partial charge in [-0.2, -0.15) is 0 Å². The maximum absolute atomic E-state index is 10.8. The first-order valence-corrected chi connectivity index (χ1v) is 5.62. The topological polar surface area (TPSA) is 49.3 Å². The number of carboxylic acids is 1. The Kier molecular flexibility index (Phi) is 4.35. The number of carbonyl (C=O) groups is 1. The van der Waals surface area contributed by atoms with Gasteiger partial charge in [-0.1, -0.05) is 26.3 Å². The van der Waals surface area contributed by atoms with Crippen LogP contribution in [0.15, 0.2) is 18.2 Å². The zero-order chi connectivity index (χ0) is 12.1. The van der Waals surface area contributed by atoms with Gasteiger partial charge >= 0.3 is 5.97 Å². The molecule has 0 bridgehead atoms. The Labute approximate surface area is 96.5 Å². The molecule has 0 fully saturated rings. The summed E-state index contributed by atoms with van der Waals surface area (Å²) in [6, 6.07) is 5.16. The molecule has 3 nitrogen and oxygen atoms in total. The number of aromatic carboxylic acids is 1. The molecule has 1 aromatic rings. The highest BCUT2D eigenvalue weighted by Gasteiger charge is 2.06. The third-order valence-electron chi connectivity index (χ3n) is 2.82. The quantitative estimate of drug-likeness (QED) is 0.803. The van der Waals surface area contributed by atoms with E-state index < -0.39 is 5.97 Å². The number of aryl methyl sites for hydroxylation is 1. The van der Waals surface area contributed by atoms with Gasteiger partial charge in [-0.15, -0.1) is 0 Å². The van der Waals surface area contributed by atoms with Crippen molar-refractivity contribution < 1.29 is 9.90 Å². The molecule has 0 aliphatic rings. The summed E-state index contributed by atoms with van der Waals surface area (Å²) in [5.74, 6) is -0.292. The number of nitrogens with one attached hydrogen (secondary N) is 1. The fourth-order valence-corrected chi connectivity index (χ4v) is 1.37. The lowest BCUT2D eigenvalue weighted by atomic mass is 10.1. The van der Waals surface area contributed by atoms with Gasteiger partial charge in [0.2, 0.25) is 0 Å². The molecule has 1 aromatic carbocycles. The van der Waals surface area contributed by atoms with Crippen LogP contribution in [0.1, 0.15) is 36.2 Å². The van der Waals surface area contributed by atoms with Crippen LogP contribution in [0.5, 0.6) is 0 Å². The van der Waals surface area contributed by atoms with Crippen LogP contribution in [0.3, 0.4) is 0 Å². The first kappa shape index (κ1) is 12.6. The van der Waals surface area contributed by atoms with E-state index in [2.05, 4.69) is 19.2 Å². The van der Waals surface area contributed by atoms with Gasteiger partial charge in [-0.3, -0.25) is 0 Å². The Bertz CT molecular complexity index is 374. The Morgan fingerprint density at radius 2 is 2.19 bits per heavy atom. The van der Waals surface area contributed by atoms with Crippen LogP contribution in [-0.2, 0) is 0 Å². The van der Waals surface area contributed by atoms with Crippen LogP contribution in [0.25, 0.3) is 0 Å². The average Bonchev–Trinajstić information content (AvgIpc) is 2.27. The normalized spacial score (nSPS) is 12.2. The van der Waals surface area contributed by atoms with Crippen molar-refractivity contribution in [3.63, 3.8) is 0 Å². The van der Waals surface area contributed by atoms with E-state index >= 15 is 0 Å². The number of rotatable bonds is 5. The third-order valence-corrected chi connectivity index (χ3v) is 2.82. The van der Waals surface area contributed by atoms with E-state index in [1.54, 1.807) is 12.1 Å². The van der Waals surface area contributed by atoms with Crippen molar-refractivity contribution in [2.75, 3.05) is 11.9 Å². The van der Waals surface area contributed by atoms with E-state index in [1.165, 1.54) is 0 Å². The van der Waals surface area contributed by atoms with Crippen LogP contribution < -0.4 is 5.32 Å². The molecule has 0 aliphatic carbocycles. The molecular weight excluding hydrogens is 202 g/mol. The Hall–Kier alpha value is -1.51. The number of benzene rings is 1. The summed E-state index contributed by atoms with van der Waals surface area (Å²) in [6.07, 6.45) is 1.12. The lowest BCUT2D eigenvalue weighted by Gasteiger charge is -2.13. The molecule has 1 rings (SSSR count). The van der Waals surface area contributed by atoms with Crippen molar-refractivity contribution >= 4 is 11.7 Å². The fourth-order valence-electron chi connectivity index (χ4n) is 1.37. The van der Waals surface area contributed by atoms with Gasteiger partial charge in [0.15, 0.2) is 0 Å². The fraction of sp³-hybridized carbons (Fsp3) is 0.462. The van der Waals surface area contributed by atoms with E-state index in [0.29, 0.717) is 11.5 Å². The smallest absolute Gasteiger partial charge is 0.335 e. The van der Waals surface area contributed by atoms with Crippen LogP contribution >= 0.6 is 0 Å². The molecule has 0 saturated carbocycles. The third kappa shape index (κ3) is 3.26. The van der Waals surface area contributed by atoms with E-state index in [1.807, 2.05) is 13.0 Å². The summed E-state index contributed by atoms with van der Waals surface area (Å²) >= 11 is 0. The monoisotopic (exact) mass is 221 g/mol. The van der Waals surface area contributed by atoms with E-state index in [9.17, 15) is 4.79 Å². The molecule has 0 aromatic heterocycles.